The second-order valence-electron chi connectivity index (χ2n) is 11.7. The van der Waals surface area contributed by atoms with Crippen LogP contribution in [0.5, 0.6) is 5.75 Å². The first kappa shape index (κ1) is 27.9. The summed E-state index contributed by atoms with van der Waals surface area (Å²) in [5.41, 5.74) is 4.96. The predicted octanol–water partition coefficient (Wildman–Crippen LogP) is 5.66. The van der Waals surface area contributed by atoms with Crippen molar-refractivity contribution >= 4 is 11.8 Å². The minimum atomic E-state index is -0.00857. The van der Waals surface area contributed by atoms with E-state index in [1.165, 1.54) is 11.1 Å². The Morgan fingerprint density at radius 3 is 2.45 bits per heavy atom. The molecule has 0 N–H and O–H groups in total. The third kappa shape index (κ3) is 6.40. The fourth-order valence-corrected chi connectivity index (χ4v) is 6.25. The first-order valence-electron chi connectivity index (χ1n) is 14.7. The van der Waals surface area contributed by atoms with Crippen LogP contribution in [0.25, 0.3) is 11.3 Å². The zero-order valence-electron chi connectivity index (χ0n) is 24.2. The maximum Gasteiger partial charge on any atom is 0.274 e. The summed E-state index contributed by atoms with van der Waals surface area (Å²) in [4.78, 5) is 30.4. The minimum Gasteiger partial charge on any atom is -0.493 e. The van der Waals surface area contributed by atoms with Gasteiger partial charge >= 0.3 is 0 Å². The molecule has 0 saturated carbocycles. The lowest BCUT2D eigenvalue weighted by Gasteiger charge is -2.44. The van der Waals surface area contributed by atoms with Crippen LogP contribution in [0.15, 0.2) is 54.6 Å². The highest BCUT2D eigenvalue weighted by molar-refractivity contribution is 5.93. The number of ether oxygens (including phenoxy) is 1. The topological polar surface area (TPSA) is 67.7 Å². The van der Waals surface area contributed by atoms with E-state index in [-0.39, 0.29) is 17.2 Å². The van der Waals surface area contributed by atoms with Crippen molar-refractivity contribution in [1.29, 1.82) is 0 Å². The second-order valence-corrected chi connectivity index (χ2v) is 11.7. The van der Waals surface area contributed by atoms with Gasteiger partial charge in [0.25, 0.3) is 5.91 Å². The summed E-state index contributed by atoms with van der Waals surface area (Å²) in [5, 5.41) is 4.58. The molecule has 40 heavy (non-hydrogen) atoms. The number of rotatable bonds is 2. The number of carbonyl (C=O) groups excluding carboxylic acids is 2. The van der Waals surface area contributed by atoms with Crippen LogP contribution in [0, 0.1) is 12.3 Å². The molecule has 3 aromatic rings. The molecule has 0 radical (unpaired) electrons. The van der Waals surface area contributed by atoms with Gasteiger partial charge in [0.05, 0.1) is 12.3 Å². The van der Waals surface area contributed by atoms with Crippen molar-refractivity contribution in [1.82, 2.24) is 19.6 Å². The van der Waals surface area contributed by atoms with Crippen molar-refractivity contribution in [3.8, 4) is 17.0 Å². The summed E-state index contributed by atoms with van der Waals surface area (Å²) < 4.78 is 7.82. The number of piperidine rings is 1. The molecule has 2 aliphatic heterocycles. The summed E-state index contributed by atoms with van der Waals surface area (Å²) >= 11 is 0. The van der Waals surface area contributed by atoms with Gasteiger partial charge in [0.2, 0.25) is 5.91 Å². The van der Waals surface area contributed by atoms with E-state index < -0.39 is 0 Å². The number of aryl methyl sites for hydroxylation is 3. The van der Waals surface area contributed by atoms with Crippen LogP contribution in [0.4, 0.5) is 0 Å². The molecule has 1 spiro atoms. The molecule has 0 aliphatic carbocycles. The van der Waals surface area contributed by atoms with Crippen molar-refractivity contribution in [2.45, 2.75) is 58.3 Å². The molecule has 0 bridgehead atoms. The van der Waals surface area contributed by atoms with Crippen molar-refractivity contribution in [3.05, 3.63) is 71.4 Å². The Bertz CT molecular complexity index is 1320. The zero-order valence-corrected chi connectivity index (χ0v) is 24.2. The molecule has 5 rings (SSSR count). The van der Waals surface area contributed by atoms with Crippen LogP contribution in [0.3, 0.4) is 0 Å². The molecular formula is C33H42N4O3. The van der Waals surface area contributed by atoms with E-state index in [1.54, 1.807) is 4.68 Å². The van der Waals surface area contributed by atoms with Crippen LogP contribution in [0.1, 0.15) is 66.6 Å². The van der Waals surface area contributed by atoms with Gasteiger partial charge in [-0.1, -0.05) is 54.4 Å². The molecule has 1 fully saturated rings. The first-order valence-corrected chi connectivity index (χ1v) is 14.7. The van der Waals surface area contributed by atoms with Gasteiger partial charge in [-0.25, -0.2) is 0 Å². The lowest BCUT2D eigenvalue weighted by molar-refractivity contribution is -0.132. The Balaban J connectivity index is 1.26. The number of amides is 2. The van der Waals surface area contributed by atoms with Crippen LogP contribution in [0.2, 0.25) is 0 Å². The number of hydrogen-bond acceptors (Lipinski definition) is 4. The van der Waals surface area contributed by atoms with E-state index >= 15 is 0 Å². The number of aromatic nitrogens is 2. The third-order valence-corrected chi connectivity index (χ3v) is 8.72. The van der Waals surface area contributed by atoms with E-state index in [2.05, 4.69) is 48.4 Å². The standard InChI is InChI=1S/C33H42N4O3/c1-25-13-15-26(16-14-25)29-23-28(34-36(29)3)32(39)37-20-18-33(19-21-37)17-7-6-10-27-9-4-5-11-30(27)40-22-8-12-31(38)35(2)24-33/h4-5,9,11,13-16,23H,6-8,10,12,17-22,24H2,1-3H3. The fourth-order valence-electron chi connectivity index (χ4n) is 6.25. The number of benzene rings is 2. The quantitative estimate of drug-likeness (QED) is 0.419. The van der Waals surface area contributed by atoms with Gasteiger partial charge in [-0.15, -0.1) is 0 Å². The lowest BCUT2D eigenvalue weighted by atomic mass is 9.73. The highest BCUT2D eigenvalue weighted by atomic mass is 16.5. The van der Waals surface area contributed by atoms with Crippen molar-refractivity contribution in [3.63, 3.8) is 0 Å². The SMILES string of the molecule is Cc1ccc(-c2cc(C(=O)N3CCC4(CCCCc5ccccc5OCCCC(=O)N(C)C4)CC3)nn2C)cc1. The van der Waals surface area contributed by atoms with Crippen molar-refractivity contribution in [2.75, 3.05) is 33.3 Å². The van der Waals surface area contributed by atoms with E-state index in [0.29, 0.717) is 38.2 Å². The van der Waals surface area contributed by atoms with Crippen LogP contribution in [-0.2, 0) is 18.3 Å². The molecule has 1 saturated heterocycles. The van der Waals surface area contributed by atoms with Gasteiger partial charge in [-0.3, -0.25) is 14.3 Å². The zero-order chi connectivity index (χ0) is 28.1. The maximum absolute atomic E-state index is 13.5. The Morgan fingerprint density at radius 2 is 1.68 bits per heavy atom. The monoisotopic (exact) mass is 542 g/mol. The summed E-state index contributed by atoms with van der Waals surface area (Å²) in [6, 6.07) is 18.5. The first-order chi connectivity index (χ1) is 19.3. The Kier molecular flexibility index (Phi) is 8.57. The number of fused-ring (bicyclic) bond motifs is 1. The largest absolute Gasteiger partial charge is 0.493 e. The Hall–Kier alpha value is -3.61. The smallest absolute Gasteiger partial charge is 0.274 e. The molecule has 0 unspecified atom stereocenters. The van der Waals surface area contributed by atoms with E-state index in [4.69, 9.17) is 4.74 Å². The summed E-state index contributed by atoms with van der Waals surface area (Å²) in [6.07, 6.45) is 7.21. The molecule has 2 aliphatic rings. The molecule has 0 atom stereocenters. The third-order valence-electron chi connectivity index (χ3n) is 8.72. The molecule has 7 nitrogen and oxygen atoms in total. The average Bonchev–Trinajstić information content (AvgIpc) is 3.35. The van der Waals surface area contributed by atoms with Gasteiger partial charge in [0.1, 0.15) is 5.75 Å². The van der Waals surface area contributed by atoms with E-state index in [1.807, 2.05) is 42.1 Å². The van der Waals surface area contributed by atoms with Gasteiger partial charge in [0, 0.05) is 40.2 Å². The summed E-state index contributed by atoms with van der Waals surface area (Å²) in [7, 11) is 3.83. The lowest BCUT2D eigenvalue weighted by Crippen LogP contribution is -2.48. The molecule has 212 valence electrons. The highest BCUT2D eigenvalue weighted by Crippen LogP contribution is 2.38. The number of likely N-dealkylation sites (tertiary alicyclic amines) is 1. The van der Waals surface area contributed by atoms with E-state index in [0.717, 1.165) is 62.1 Å². The Labute approximate surface area is 238 Å². The van der Waals surface area contributed by atoms with Gasteiger partial charge in [-0.2, -0.15) is 5.10 Å². The number of nitrogens with zero attached hydrogens (tertiary/aromatic N) is 4. The summed E-state index contributed by atoms with van der Waals surface area (Å²) in [6.45, 7) is 4.74. The van der Waals surface area contributed by atoms with Crippen molar-refractivity contribution in [2.24, 2.45) is 12.5 Å². The van der Waals surface area contributed by atoms with Gasteiger partial charge < -0.3 is 14.5 Å². The van der Waals surface area contributed by atoms with Crippen molar-refractivity contribution < 1.29 is 14.3 Å². The highest BCUT2D eigenvalue weighted by Gasteiger charge is 2.38. The van der Waals surface area contributed by atoms with Crippen LogP contribution in [-0.4, -0.2) is 64.7 Å². The molecule has 2 amide bonds. The van der Waals surface area contributed by atoms with Gasteiger partial charge in [-0.05, 0) is 74.1 Å². The normalized spacial score (nSPS) is 18.6. The number of carbonyl (C=O) groups is 2. The average molecular weight is 543 g/mol. The maximum atomic E-state index is 13.5. The molecule has 1 aromatic heterocycles. The Morgan fingerprint density at radius 1 is 0.925 bits per heavy atom. The van der Waals surface area contributed by atoms with Crippen LogP contribution < -0.4 is 4.74 Å². The summed E-state index contributed by atoms with van der Waals surface area (Å²) in [5.74, 6) is 1.11. The number of hydrogen-bond donors (Lipinski definition) is 0. The fraction of sp³-hybridized carbons (Fsp3) is 0.485. The predicted molar refractivity (Wildman–Crippen MR) is 157 cm³/mol. The molecule has 2 aromatic carbocycles. The minimum absolute atomic E-state index is 0.00857. The molecule has 3 heterocycles. The van der Waals surface area contributed by atoms with Gasteiger partial charge in [0.15, 0.2) is 5.69 Å². The molecule has 7 heteroatoms. The second kappa shape index (κ2) is 12.3. The van der Waals surface area contributed by atoms with Crippen LogP contribution >= 0.6 is 0 Å². The molecular weight excluding hydrogens is 500 g/mol. The van der Waals surface area contributed by atoms with E-state index in [9.17, 15) is 9.59 Å². The number of para-hydroxylation sites is 1.